The Labute approximate surface area is 196 Å². The molecule has 4 nitrogen and oxygen atoms in total. The minimum Gasteiger partial charge on any atom is -0.464 e. The number of hydrogen-bond donors (Lipinski definition) is 0. The zero-order chi connectivity index (χ0) is 23.0. The van der Waals surface area contributed by atoms with Crippen molar-refractivity contribution in [3.63, 3.8) is 0 Å². The number of hydrogen-bond acceptors (Lipinski definition) is 3. The molecule has 0 radical (unpaired) electrons. The molecule has 0 saturated heterocycles. The van der Waals surface area contributed by atoms with E-state index in [4.69, 9.17) is 9.40 Å². The van der Waals surface area contributed by atoms with Crippen molar-refractivity contribution in [3.05, 3.63) is 89.9 Å². The number of ketones is 1. The van der Waals surface area contributed by atoms with Crippen molar-refractivity contribution in [2.45, 2.75) is 58.9 Å². The highest BCUT2D eigenvalue weighted by Gasteiger charge is 2.12. The molecule has 0 N–H and O–H groups in total. The summed E-state index contributed by atoms with van der Waals surface area (Å²) < 4.78 is 7.81. The van der Waals surface area contributed by atoms with E-state index in [2.05, 4.69) is 60.0 Å². The molecule has 0 fully saturated rings. The Morgan fingerprint density at radius 2 is 1.61 bits per heavy atom. The van der Waals surface area contributed by atoms with E-state index in [1.165, 1.54) is 17.5 Å². The number of imidazole rings is 1. The summed E-state index contributed by atoms with van der Waals surface area (Å²) in [5.41, 5.74) is 6.06. The van der Waals surface area contributed by atoms with Gasteiger partial charge >= 0.3 is 0 Å². The molecule has 0 aliphatic rings. The standard InChI is InChI=1S/C29H32N2O2/c1-22-20-30-29(26-17-15-25(16-18-26)28-14-9-19-33-28)31(22)21-27-13-8-7-12-24(27)11-6-4-3-5-10-23(2)32/h7-9,12-20H,3-6,10-11,21H2,1-2H3. The van der Waals surface area contributed by atoms with Gasteiger partial charge in [0.15, 0.2) is 0 Å². The predicted octanol–water partition coefficient (Wildman–Crippen LogP) is 7.25. The van der Waals surface area contributed by atoms with Crippen molar-refractivity contribution in [1.82, 2.24) is 9.55 Å². The topological polar surface area (TPSA) is 48.0 Å². The van der Waals surface area contributed by atoms with E-state index in [-0.39, 0.29) is 0 Å². The molecule has 0 saturated carbocycles. The third-order valence-electron chi connectivity index (χ3n) is 6.18. The van der Waals surface area contributed by atoms with Gasteiger partial charge in [0.2, 0.25) is 0 Å². The largest absolute Gasteiger partial charge is 0.464 e. The number of benzene rings is 2. The Bertz CT molecular complexity index is 1170. The summed E-state index contributed by atoms with van der Waals surface area (Å²) in [6.45, 7) is 4.60. The second kappa shape index (κ2) is 11.0. The molecule has 2 heterocycles. The first-order valence-electron chi connectivity index (χ1n) is 11.8. The van der Waals surface area contributed by atoms with Crippen LogP contribution in [0.3, 0.4) is 0 Å². The second-order valence-electron chi connectivity index (χ2n) is 8.75. The third kappa shape index (κ3) is 5.89. The van der Waals surface area contributed by atoms with Crippen LogP contribution in [-0.2, 0) is 17.8 Å². The van der Waals surface area contributed by atoms with E-state index < -0.39 is 0 Å². The van der Waals surface area contributed by atoms with Crippen LogP contribution in [0.1, 0.15) is 55.8 Å². The maximum Gasteiger partial charge on any atom is 0.140 e. The van der Waals surface area contributed by atoms with Crippen LogP contribution in [0, 0.1) is 6.92 Å². The van der Waals surface area contributed by atoms with E-state index >= 15 is 0 Å². The molecule has 2 aromatic carbocycles. The maximum absolute atomic E-state index is 11.1. The molecule has 0 unspecified atom stereocenters. The van der Waals surface area contributed by atoms with Gasteiger partial charge in [-0.3, -0.25) is 0 Å². The molecule has 4 heteroatoms. The van der Waals surface area contributed by atoms with Crippen LogP contribution in [0.4, 0.5) is 0 Å². The van der Waals surface area contributed by atoms with Crippen LogP contribution in [0.5, 0.6) is 0 Å². The number of carbonyl (C=O) groups is 1. The van der Waals surface area contributed by atoms with Gasteiger partial charge in [0.1, 0.15) is 17.4 Å². The van der Waals surface area contributed by atoms with Crippen LogP contribution in [0.2, 0.25) is 0 Å². The van der Waals surface area contributed by atoms with Crippen molar-refractivity contribution in [1.29, 1.82) is 0 Å². The van der Waals surface area contributed by atoms with Gasteiger partial charge in [0.05, 0.1) is 6.26 Å². The molecule has 0 spiro atoms. The molecule has 0 bridgehead atoms. The number of Topliss-reactive ketones (excluding diaryl/α,β-unsaturated/α-hetero) is 1. The van der Waals surface area contributed by atoms with Crippen molar-refractivity contribution >= 4 is 5.78 Å². The van der Waals surface area contributed by atoms with Gasteiger partial charge in [0.25, 0.3) is 0 Å². The van der Waals surface area contributed by atoms with E-state index in [0.717, 1.165) is 60.6 Å². The number of rotatable bonds is 11. The fourth-order valence-electron chi connectivity index (χ4n) is 4.29. The number of nitrogens with zero attached hydrogens (tertiary/aromatic N) is 2. The third-order valence-corrected chi connectivity index (χ3v) is 6.18. The fraction of sp³-hybridized carbons (Fsp3) is 0.310. The number of carbonyl (C=O) groups excluding carboxylic acids is 1. The van der Waals surface area contributed by atoms with Crippen molar-refractivity contribution in [3.8, 4) is 22.7 Å². The summed E-state index contributed by atoms with van der Waals surface area (Å²) >= 11 is 0. The Hall–Kier alpha value is -3.40. The molecule has 0 aliphatic heterocycles. The Morgan fingerprint density at radius 3 is 2.33 bits per heavy atom. The van der Waals surface area contributed by atoms with Gasteiger partial charge < -0.3 is 13.8 Å². The van der Waals surface area contributed by atoms with Crippen LogP contribution in [0.15, 0.2) is 77.5 Å². The predicted molar refractivity (Wildman–Crippen MR) is 133 cm³/mol. The summed E-state index contributed by atoms with van der Waals surface area (Å²) in [5.74, 6) is 2.15. The van der Waals surface area contributed by atoms with Crippen LogP contribution in [-0.4, -0.2) is 15.3 Å². The highest BCUT2D eigenvalue weighted by Crippen LogP contribution is 2.26. The smallest absolute Gasteiger partial charge is 0.140 e. The molecular formula is C29H32N2O2. The number of aromatic nitrogens is 2. The Balaban J connectivity index is 1.46. The quantitative estimate of drug-likeness (QED) is 0.231. The lowest BCUT2D eigenvalue weighted by Gasteiger charge is -2.14. The summed E-state index contributed by atoms with van der Waals surface area (Å²) in [4.78, 5) is 15.8. The zero-order valence-corrected chi connectivity index (χ0v) is 19.6. The van der Waals surface area contributed by atoms with Gasteiger partial charge in [0, 0.05) is 36.0 Å². The molecule has 4 rings (SSSR count). The van der Waals surface area contributed by atoms with Crippen LogP contribution < -0.4 is 0 Å². The van der Waals surface area contributed by atoms with E-state index in [9.17, 15) is 4.79 Å². The highest BCUT2D eigenvalue weighted by atomic mass is 16.3. The molecule has 4 aromatic rings. The summed E-state index contributed by atoms with van der Waals surface area (Å²) in [5, 5.41) is 0. The first-order valence-corrected chi connectivity index (χ1v) is 11.8. The first kappa shape index (κ1) is 22.8. The molecule has 0 atom stereocenters. The minimum atomic E-state index is 0.294. The van der Waals surface area contributed by atoms with E-state index in [1.807, 2.05) is 18.3 Å². The molecular weight excluding hydrogens is 408 g/mol. The van der Waals surface area contributed by atoms with Crippen molar-refractivity contribution < 1.29 is 9.21 Å². The van der Waals surface area contributed by atoms with E-state index in [1.54, 1.807) is 13.2 Å². The monoisotopic (exact) mass is 440 g/mol. The normalized spacial score (nSPS) is 11.1. The average Bonchev–Trinajstić information content (AvgIpc) is 3.48. The summed E-state index contributed by atoms with van der Waals surface area (Å²) in [7, 11) is 0. The minimum absolute atomic E-state index is 0.294. The van der Waals surface area contributed by atoms with Crippen LogP contribution in [0.25, 0.3) is 22.7 Å². The van der Waals surface area contributed by atoms with Crippen molar-refractivity contribution in [2.24, 2.45) is 0 Å². The lowest BCUT2D eigenvalue weighted by molar-refractivity contribution is -0.117. The second-order valence-corrected chi connectivity index (χ2v) is 8.75. The van der Waals surface area contributed by atoms with Gasteiger partial charge in [-0.2, -0.15) is 0 Å². The fourth-order valence-corrected chi connectivity index (χ4v) is 4.29. The van der Waals surface area contributed by atoms with Gasteiger partial charge in [-0.1, -0.05) is 61.4 Å². The average molecular weight is 441 g/mol. The van der Waals surface area contributed by atoms with E-state index in [0.29, 0.717) is 12.2 Å². The summed E-state index contributed by atoms with van der Waals surface area (Å²) in [6.07, 6.45) is 9.88. The Kier molecular flexibility index (Phi) is 7.56. The molecule has 2 aromatic heterocycles. The van der Waals surface area contributed by atoms with Crippen molar-refractivity contribution in [2.75, 3.05) is 0 Å². The molecule has 33 heavy (non-hydrogen) atoms. The van der Waals surface area contributed by atoms with Gasteiger partial charge in [-0.05, 0) is 56.4 Å². The molecule has 0 amide bonds. The maximum atomic E-state index is 11.1. The SMILES string of the molecule is CC(=O)CCCCCCc1ccccc1Cn1c(C)cnc1-c1ccc(-c2ccco2)cc1. The lowest BCUT2D eigenvalue weighted by atomic mass is 10.00. The zero-order valence-electron chi connectivity index (χ0n) is 19.6. The Morgan fingerprint density at radius 1 is 0.879 bits per heavy atom. The first-order chi connectivity index (χ1) is 16.1. The van der Waals surface area contributed by atoms with Gasteiger partial charge in [-0.15, -0.1) is 0 Å². The molecule has 0 aliphatic carbocycles. The number of unbranched alkanes of at least 4 members (excludes halogenated alkanes) is 3. The van der Waals surface area contributed by atoms with Crippen LogP contribution >= 0.6 is 0 Å². The van der Waals surface area contributed by atoms with Gasteiger partial charge in [-0.25, -0.2) is 4.98 Å². The lowest BCUT2D eigenvalue weighted by Crippen LogP contribution is -2.07. The molecule has 170 valence electrons. The highest BCUT2D eigenvalue weighted by molar-refractivity contribution is 5.75. The number of aryl methyl sites for hydroxylation is 2. The summed E-state index contributed by atoms with van der Waals surface area (Å²) in [6, 6.07) is 21.0. The number of furan rings is 1.